The van der Waals surface area contributed by atoms with E-state index in [-0.39, 0.29) is 11.5 Å². The molecule has 23 heavy (non-hydrogen) atoms. The van der Waals surface area contributed by atoms with Crippen molar-refractivity contribution in [2.24, 2.45) is 0 Å². The summed E-state index contributed by atoms with van der Waals surface area (Å²) in [5.41, 5.74) is 1.11. The summed E-state index contributed by atoms with van der Waals surface area (Å²) in [6.07, 6.45) is 1.99. The van der Waals surface area contributed by atoms with Gasteiger partial charge in [0.25, 0.3) is 5.91 Å². The fourth-order valence-corrected chi connectivity index (χ4v) is 2.57. The van der Waals surface area contributed by atoms with E-state index in [9.17, 15) is 9.59 Å². The SMILES string of the molecule is O=C(NCCc1cc(Cl)c2c(c1)OCCO2)c1ccc(=O)[nH]c1. The highest BCUT2D eigenvalue weighted by Crippen LogP contribution is 2.38. The molecule has 2 N–H and O–H groups in total. The molecule has 6 nitrogen and oxygen atoms in total. The third kappa shape index (κ3) is 3.65. The van der Waals surface area contributed by atoms with Gasteiger partial charge in [-0.15, -0.1) is 0 Å². The number of hydrogen-bond acceptors (Lipinski definition) is 4. The average Bonchev–Trinajstić information content (AvgIpc) is 2.55. The number of aromatic nitrogens is 1. The highest BCUT2D eigenvalue weighted by Gasteiger charge is 2.16. The lowest BCUT2D eigenvalue weighted by Gasteiger charge is -2.20. The number of nitrogens with one attached hydrogen (secondary N) is 2. The Morgan fingerprint density at radius 1 is 1.26 bits per heavy atom. The second-order valence-electron chi connectivity index (χ2n) is 5.05. The van der Waals surface area contributed by atoms with Crippen molar-refractivity contribution in [1.82, 2.24) is 10.3 Å². The molecule has 0 atom stereocenters. The number of fused-ring (bicyclic) bond motifs is 1. The number of pyridine rings is 1. The Kier molecular flexibility index (Phi) is 4.52. The molecule has 1 aromatic heterocycles. The Morgan fingerprint density at radius 2 is 2.09 bits per heavy atom. The standard InChI is InChI=1S/C16H15ClN2O4/c17-12-7-10(8-13-15(12)23-6-5-22-13)3-4-18-16(21)11-1-2-14(20)19-9-11/h1-2,7-9H,3-6H2,(H,18,21)(H,19,20). The minimum absolute atomic E-state index is 0.243. The lowest BCUT2D eigenvalue weighted by molar-refractivity contribution is 0.0953. The Bertz CT molecular complexity index is 768. The molecule has 120 valence electrons. The summed E-state index contributed by atoms with van der Waals surface area (Å²) in [6, 6.07) is 6.47. The topological polar surface area (TPSA) is 80.4 Å². The maximum absolute atomic E-state index is 11.9. The number of hydrogen-bond donors (Lipinski definition) is 2. The lowest BCUT2D eigenvalue weighted by Crippen LogP contribution is -2.26. The van der Waals surface area contributed by atoms with Crippen LogP contribution in [0, 0.1) is 0 Å². The molecule has 0 fully saturated rings. The van der Waals surface area contributed by atoms with E-state index in [2.05, 4.69) is 10.3 Å². The first-order valence-corrected chi connectivity index (χ1v) is 7.56. The minimum atomic E-state index is -0.245. The summed E-state index contributed by atoms with van der Waals surface area (Å²) < 4.78 is 11.0. The first-order valence-electron chi connectivity index (χ1n) is 7.18. The van der Waals surface area contributed by atoms with E-state index in [0.29, 0.717) is 48.3 Å². The molecule has 2 heterocycles. The number of ether oxygens (including phenoxy) is 2. The Hall–Kier alpha value is -2.47. The smallest absolute Gasteiger partial charge is 0.252 e. The number of rotatable bonds is 4. The van der Waals surface area contributed by atoms with Gasteiger partial charge in [-0.2, -0.15) is 0 Å². The number of benzene rings is 1. The van der Waals surface area contributed by atoms with Crippen LogP contribution in [0.25, 0.3) is 0 Å². The molecular formula is C16H15ClN2O4. The Labute approximate surface area is 137 Å². The van der Waals surface area contributed by atoms with E-state index in [1.54, 1.807) is 6.07 Å². The van der Waals surface area contributed by atoms with Crippen LogP contribution in [0.5, 0.6) is 11.5 Å². The number of H-pyrrole nitrogens is 1. The Balaban J connectivity index is 1.60. The third-order valence-corrected chi connectivity index (χ3v) is 3.68. The van der Waals surface area contributed by atoms with Crippen molar-refractivity contribution in [1.29, 1.82) is 0 Å². The maximum atomic E-state index is 11.9. The normalized spacial score (nSPS) is 12.7. The van der Waals surface area contributed by atoms with Crippen LogP contribution in [-0.4, -0.2) is 30.6 Å². The molecule has 0 aliphatic carbocycles. The molecule has 0 bridgehead atoms. The van der Waals surface area contributed by atoms with Crippen LogP contribution in [0.2, 0.25) is 5.02 Å². The zero-order valence-corrected chi connectivity index (χ0v) is 13.0. The molecule has 1 aromatic carbocycles. The number of amides is 1. The predicted octanol–water partition coefficient (Wildman–Crippen LogP) is 1.77. The first kappa shape index (κ1) is 15.4. The molecule has 0 spiro atoms. The Morgan fingerprint density at radius 3 is 2.87 bits per heavy atom. The van der Waals surface area contributed by atoms with E-state index in [1.807, 2.05) is 6.07 Å². The van der Waals surface area contributed by atoms with Crippen LogP contribution < -0.4 is 20.3 Å². The monoisotopic (exact) mass is 334 g/mol. The van der Waals surface area contributed by atoms with Gasteiger partial charge in [0.1, 0.15) is 13.2 Å². The fraction of sp³-hybridized carbons (Fsp3) is 0.250. The van der Waals surface area contributed by atoms with Gasteiger partial charge in [-0.05, 0) is 30.2 Å². The summed E-state index contributed by atoms with van der Waals surface area (Å²) in [5.74, 6) is 0.953. The summed E-state index contributed by atoms with van der Waals surface area (Å²) in [5, 5.41) is 3.29. The van der Waals surface area contributed by atoms with Crippen LogP contribution in [0.3, 0.4) is 0 Å². The van der Waals surface area contributed by atoms with E-state index in [0.717, 1.165) is 5.56 Å². The van der Waals surface area contributed by atoms with Crippen LogP contribution >= 0.6 is 11.6 Å². The van der Waals surface area contributed by atoms with Gasteiger partial charge in [0.05, 0.1) is 10.6 Å². The second-order valence-corrected chi connectivity index (χ2v) is 5.46. The molecule has 0 radical (unpaired) electrons. The van der Waals surface area contributed by atoms with E-state index in [1.165, 1.54) is 18.3 Å². The molecule has 7 heteroatoms. The van der Waals surface area contributed by atoms with Crippen molar-refractivity contribution in [3.63, 3.8) is 0 Å². The molecule has 2 aromatic rings. The van der Waals surface area contributed by atoms with Crippen molar-refractivity contribution < 1.29 is 14.3 Å². The molecule has 1 amide bonds. The summed E-state index contributed by atoms with van der Waals surface area (Å²) in [6.45, 7) is 1.42. The van der Waals surface area contributed by atoms with Gasteiger partial charge in [-0.3, -0.25) is 9.59 Å². The van der Waals surface area contributed by atoms with Crippen LogP contribution in [0.1, 0.15) is 15.9 Å². The molecule has 3 rings (SSSR count). The zero-order valence-electron chi connectivity index (χ0n) is 12.2. The molecule has 0 saturated carbocycles. The van der Waals surface area contributed by atoms with E-state index < -0.39 is 0 Å². The largest absolute Gasteiger partial charge is 0.486 e. The number of carbonyl (C=O) groups is 1. The van der Waals surface area contributed by atoms with Crippen molar-refractivity contribution in [3.8, 4) is 11.5 Å². The lowest BCUT2D eigenvalue weighted by atomic mass is 10.1. The van der Waals surface area contributed by atoms with Gasteiger partial charge < -0.3 is 19.8 Å². The van der Waals surface area contributed by atoms with Crippen molar-refractivity contribution in [3.05, 3.63) is 57.0 Å². The molecule has 0 saturated heterocycles. The molecule has 1 aliphatic heterocycles. The highest BCUT2D eigenvalue weighted by atomic mass is 35.5. The third-order valence-electron chi connectivity index (χ3n) is 3.40. The first-order chi connectivity index (χ1) is 11.1. The summed E-state index contributed by atoms with van der Waals surface area (Å²) in [7, 11) is 0. The number of halogens is 1. The maximum Gasteiger partial charge on any atom is 0.252 e. The quantitative estimate of drug-likeness (QED) is 0.893. The van der Waals surface area contributed by atoms with Gasteiger partial charge >= 0.3 is 0 Å². The summed E-state index contributed by atoms with van der Waals surface area (Å²) in [4.78, 5) is 25.4. The van der Waals surface area contributed by atoms with Gasteiger partial charge in [0, 0.05) is 18.8 Å². The minimum Gasteiger partial charge on any atom is -0.486 e. The second kappa shape index (κ2) is 6.75. The average molecular weight is 335 g/mol. The van der Waals surface area contributed by atoms with Gasteiger partial charge in [-0.1, -0.05) is 11.6 Å². The van der Waals surface area contributed by atoms with E-state index in [4.69, 9.17) is 21.1 Å². The number of aromatic amines is 1. The van der Waals surface area contributed by atoms with Gasteiger partial charge in [0.15, 0.2) is 11.5 Å². The predicted molar refractivity (Wildman–Crippen MR) is 85.5 cm³/mol. The molecule has 0 unspecified atom stereocenters. The summed E-state index contributed by atoms with van der Waals surface area (Å²) >= 11 is 6.17. The van der Waals surface area contributed by atoms with Gasteiger partial charge in [0.2, 0.25) is 5.56 Å². The highest BCUT2D eigenvalue weighted by molar-refractivity contribution is 6.32. The van der Waals surface area contributed by atoms with Crippen molar-refractivity contribution >= 4 is 17.5 Å². The van der Waals surface area contributed by atoms with Crippen LogP contribution in [0.4, 0.5) is 0 Å². The van der Waals surface area contributed by atoms with Crippen LogP contribution in [0.15, 0.2) is 35.3 Å². The molecule has 1 aliphatic rings. The molecular weight excluding hydrogens is 320 g/mol. The van der Waals surface area contributed by atoms with Crippen molar-refractivity contribution in [2.75, 3.05) is 19.8 Å². The van der Waals surface area contributed by atoms with Crippen LogP contribution in [-0.2, 0) is 6.42 Å². The zero-order chi connectivity index (χ0) is 16.2. The van der Waals surface area contributed by atoms with Crippen molar-refractivity contribution in [2.45, 2.75) is 6.42 Å². The fourth-order valence-electron chi connectivity index (χ4n) is 2.28. The van der Waals surface area contributed by atoms with Gasteiger partial charge in [-0.25, -0.2) is 0 Å². The number of carbonyl (C=O) groups excluding carboxylic acids is 1. The van der Waals surface area contributed by atoms with E-state index >= 15 is 0 Å².